The van der Waals surface area contributed by atoms with Crippen LogP contribution in [0.1, 0.15) is 52.4 Å². The number of aliphatic hydroxyl groups is 1. The van der Waals surface area contributed by atoms with Gasteiger partial charge in [0.15, 0.2) is 0 Å². The lowest BCUT2D eigenvalue weighted by Crippen LogP contribution is -2.52. The van der Waals surface area contributed by atoms with E-state index in [1.165, 1.54) is 12.8 Å². The molecule has 108 valence electrons. The maximum absolute atomic E-state index is 11.5. The Morgan fingerprint density at radius 3 is 2.68 bits per heavy atom. The van der Waals surface area contributed by atoms with E-state index < -0.39 is 5.60 Å². The average Bonchev–Trinajstić information content (AvgIpc) is 3.01. The zero-order valence-electron chi connectivity index (χ0n) is 12.0. The van der Waals surface area contributed by atoms with E-state index in [1.807, 2.05) is 0 Å². The Balaban J connectivity index is 1.69. The van der Waals surface area contributed by atoms with Gasteiger partial charge < -0.3 is 9.84 Å². The van der Waals surface area contributed by atoms with Crippen molar-refractivity contribution in [2.75, 3.05) is 13.1 Å². The molecule has 0 amide bonds. The summed E-state index contributed by atoms with van der Waals surface area (Å²) < 4.78 is 5.50. The van der Waals surface area contributed by atoms with E-state index in [9.17, 15) is 9.90 Å². The van der Waals surface area contributed by atoms with Gasteiger partial charge in [-0.05, 0) is 32.2 Å². The number of esters is 1. The minimum atomic E-state index is -0.451. The van der Waals surface area contributed by atoms with Gasteiger partial charge in [0.1, 0.15) is 6.10 Å². The van der Waals surface area contributed by atoms with Gasteiger partial charge in [-0.2, -0.15) is 0 Å². The average molecular weight is 267 g/mol. The van der Waals surface area contributed by atoms with Crippen LogP contribution in [0.4, 0.5) is 0 Å². The molecule has 3 fully saturated rings. The predicted molar refractivity (Wildman–Crippen MR) is 71.7 cm³/mol. The molecule has 0 bridgehead atoms. The first kappa shape index (κ1) is 13.4. The summed E-state index contributed by atoms with van der Waals surface area (Å²) in [7, 11) is 0. The largest absolute Gasteiger partial charge is 0.460 e. The van der Waals surface area contributed by atoms with Gasteiger partial charge in [0.2, 0.25) is 0 Å². The molecule has 0 radical (unpaired) electrons. The number of likely N-dealkylation sites (tertiary alicyclic amines) is 1. The molecular formula is C15H25NO3. The van der Waals surface area contributed by atoms with Crippen molar-refractivity contribution in [2.24, 2.45) is 5.41 Å². The highest BCUT2D eigenvalue weighted by atomic mass is 16.6. The van der Waals surface area contributed by atoms with Gasteiger partial charge in [0.25, 0.3) is 0 Å². The first-order valence-corrected chi connectivity index (χ1v) is 7.57. The Hall–Kier alpha value is -0.610. The number of nitrogens with zero attached hydrogens (tertiary/aromatic N) is 1. The second-order valence-corrected chi connectivity index (χ2v) is 7.25. The number of carbonyl (C=O) groups is 1. The third-order valence-corrected chi connectivity index (χ3v) is 5.14. The molecule has 2 atom stereocenters. The molecule has 3 rings (SSSR count). The van der Waals surface area contributed by atoms with Crippen molar-refractivity contribution >= 4 is 5.97 Å². The van der Waals surface area contributed by atoms with Crippen LogP contribution in [0.2, 0.25) is 0 Å². The third kappa shape index (κ3) is 2.52. The molecular weight excluding hydrogens is 242 g/mol. The molecule has 19 heavy (non-hydrogen) atoms. The number of piperidine rings is 1. The second-order valence-electron chi connectivity index (χ2n) is 7.25. The summed E-state index contributed by atoms with van der Waals surface area (Å²) in [5.74, 6) is -0.0753. The summed E-state index contributed by atoms with van der Waals surface area (Å²) in [5.41, 5.74) is -0.529. The smallest absolute Gasteiger partial charge is 0.306 e. The number of ether oxygens (including phenoxy) is 1. The highest BCUT2D eigenvalue weighted by Gasteiger charge is 2.52. The van der Waals surface area contributed by atoms with Crippen molar-refractivity contribution in [3.63, 3.8) is 0 Å². The standard InChI is InChI=1S/C15H25NO3/c1-14(2)9-13(17)19-12(14)10-16-8-4-3-5-11(16)15(18)6-7-15/h11-12,18H,3-10H2,1-2H3. The van der Waals surface area contributed by atoms with Crippen molar-refractivity contribution in [1.82, 2.24) is 4.90 Å². The molecule has 2 heterocycles. The van der Waals surface area contributed by atoms with Gasteiger partial charge in [-0.3, -0.25) is 9.69 Å². The zero-order valence-corrected chi connectivity index (χ0v) is 12.0. The summed E-state index contributed by atoms with van der Waals surface area (Å²) >= 11 is 0. The molecule has 4 heteroatoms. The lowest BCUT2D eigenvalue weighted by atomic mass is 9.84. The summed E-state index contributed by atoms with van der Waals surface area (Å²) in [6.07, 6.45) is 5.83. The quantitative estimate of drug-likeness (QED) is 0.791. The van der Waals surface area contributed by atoms with Crippen LogP contribution in [0.3, 0.4) is 0 Å². The predicted octanol–water partition coefficient (Wildman–Crippen LogP) is 1.71. The van der Waals surface area contributed by atoms with Crippen LogP contribution in [0, 0.1) is 5.41 Å². The number of carbonyl (C=O) groups excluding carboxylic acids is 1. The van der Waals surface area contributed by atoms with Crippen LogP contribution in [-0.4, -0.2) is 46.8 Å². The van der Waals surface area contributed by atoms with Crippen LogP contribution in [0.5, 0.6) is 0 Å². The molecule has 0 aromatic carbocycles. The Labute approximate surface area is 115 Å². The molecule has 0 aromatic heterocycles. The molecule has 2 saturated heterocycles. The molecule has 3 aliphatic rings. The lowest BCUT2D eigenvalue weighted by Gasteiger charge is -2.41. The zero-order chi connectivity index (χ0) is 13.7. The Morgan fingerprint density at radius 2 is 2.11 bits per heavy atom. The van der Waals surface area contributed by atoms with E-state index in [2.05, 4.69) is 18.7 Å². The van der Waals surface area contributed by atoms with Crippen LogP contribution in [-0.2, 0) is 9.53 Å². The molecule has 1 saturated carbocycles. The summed E-state index contributed by atoms with van der Waals surface area (Å²) in [6, 6.07) is 0.274. The molecule has 4 nitrogen and oxygen atoms in total. The van der Waals surface area contributed by atoms with Crippen LogP contribution >= 0.6 is 0 Å². The first-order chi connectivity index (χ1) is 8.91. The molecule has 0 aromatic rings. The molecule has 2 unspecified atom stereocenters. The summed E-state index contributed by atoms with van der Waals surface area (Å²) in [6.45, 7) is 6.02. The van der Waals surface area contributed by atoms with E-state index in [0.29, 0.717) is 6.42 Å². The third-order valence-electron chi connectivity index (χ3n) is 5.14. The van der Waals surface area contributed by atoms with E-state index in [1.54, 1.807) is 0 Å². The maximum Gasteiger partial charge on any atom is 0.306 e. The van der Waals surface area contributed by atoms with Gasteiger partial charge in [-0.15, -0.1) is 0 Å². The topological polar surface area (TPSA) is 49.8 Å². The maximum atomic E-state index is 11.5. The van der Waals surface area contributed by atoms with Crippen LogP contribution in [0.25, 0.3) is 0 Å². The van der Waals surface area contributed by atoms with Crippen LogP contribution < -0.4 is 0 Å². The van der Waals surface area contributed by atoms with Gasteiger partial charge in [-0.25, -0.2) is 0 Å². The minimum Gasteiger partial charge on any atom is -0.460 e. The van der Waals surface area contributed by atoms with Crippen molar-refractivity contribution in [1.29, 1.82) is 0 Å². The Morgan fingerprint density at radius 1 is 1.37 bits per heavy atom. The van der Waals surface area contributed by atoms with E-state index in [4.69, 9.17) is 4.74 Å². The van der Waals surface area contributed by atoms with Crippen molar-refractivity contribution < 1.29 is 14.6 Å². The number of hydrogen-bond acceptors (Lipinski definition) is 4. The summed E-state index contributed by atoms with van der Waals surface area (Å²) in [4.78, 5) is 13.9. The van der Waals surface area contributed by atoms with Gasteiger partial charge in [-0.1, -0.05) is 20.3 Å². The number of cyclic esters (lactones) is 1. The highest BCUT2D eigenvalue weighted by Crippen LogP contribution is 2.45. The van der Waals surface area contributed by atoms with Gasteiger partial charge >= 0.3 is 5.97 Å². The fraction of sp³-hybridized carbons (Fsp3) is 0.933. The molecule has 1 aliphatic carbocycles. The Bertz CT molecular complexity index is 376. The van der Waals surface area contributed by atoms with Crippen molar-refractivity contribution in [2.45, 2.75) is 70.1 Å². The molecule has 1 N–H and O–H groups in total. The fourth-order valence-corrected chi connectivity index (χ4v) is 3.62. The number of rotatable bonds is 3. The Kier molecular flexibility index (Phi) is 3.13. The van der Waals surface area contributed by atoms with E-state index in [0.717, 1.165) is 32.4 Å². The summed E-state index contributed by atoms with van der Waals surface area (Å²) in [5, 5.41) is 10.4. The van der Waals surface area contributed by atoms with Gasteiger partial charge in [0.05, 0.1) is 12.0 Å². The normalized spacial score (nSPS) is 37.1. The van der Waals surface area contributed by atoms with Crippen molar-refractivity contribution in [3.05, 3.63) is 0 Å². The highest BCUT2D eigenvalue weighted by molar-refractivity contribution is 5.72. The van der Waals surface area contributed by atoms with E-state index >= 15 is 0 Å². The van der Waals surface area contributed by atoms with Gasteiger partial charge in [0, 0.05) is 18.0 Å². The fourth-order valence-electron chi connectivity index (χ4n) is 3.62. The molecule has 0 spiro atoms. The monoisotopic (exact) mass is 267 g/mol. The molecule has 2 aliphatic heterocycles. The number of hydrogen-bond donors (Lipinski definition) is 1. The lowest BCUT2D eigenvalue weighted by molar-refractivity contribution is -0.143. The van der Waals surface area contributed by atoms with Crippen molar-refractivity contribution in [3.8, 4) is 0 Å². The van der Waals surface area contributed by atoms with E-state index in [-0.39, 0.29) is 23.5 Å². The second kappa shape index (κ2) is 4.45. The van der Waals surface area contributed by atoms with Crippen LogP contribution in [0.15, 0.2) is 0 Å². The minimum absolute atomic E-state index is 0.0250. The first-order valence-electron chi connectivity index (χ1n) is 7.57. The SMILES string of the molecule is CC1(C)CC(=O)OC1CN1CCCCC1C1(O)CC1.